The highest BCUT2D eigenvalue weighted by atomic mass is 16.5. The summed E-state index contributed by atoms with van der Waals surface area (Å²) in [5, 5.41) is 20.8. The number of hydrogen-bond acceptors (Lipinski definition) is 3. The zero-order valence-corrected chi connectivity index (χ0v) is 9.86. The number of carbonyl (C=O) groups is 1. The van der Waals surface area contributed by atoms with Gasteiger partial charge in [-0.1, -0.05) is 33.6 Å². The third-order valence-corrected chi connectivity index (χ3v) is 2.46. The van der Waals surface area contributed by atoms with Crippen molar-refractivity contribution in [1.82, 2.24) is 5.32 Å². The molecule has 0 aliphatic heterocycles. The normalized spacial score (nSPS) is 15.1. The first-order chi connectivity index (χ1) is 7.02. The van der Waals surface area contributed by atoms with Crippen LogP contribution in [0.5, 0.6) is 0 Å². The third-order valence-electron chi connectivity index (χ3n) is 2.46. The van der Waals surface area contributed by atoms with E-state index < -0.39 is 12.3 Å². The fourth-order valence-corrected chi connectivity index (χ4v) is 1.50. The molecule has 0 heterocycles. The highest BCUT2D eigenvalue weighted by Gasteiger charge is 2.20. The number of rotatable bonds is 7. The van der Waals surface area contributed by atoms with Crippen LogP contribution < -0.4 is 5.32 Å². The van der Waals surface area contributed by atoms with Gasteiger partial charge in [-0.2, -0.15) is 0 Å². The molecule has 4 nitrogen and oxygen atoms in total. The summed E-state index contributed by atoms with van der Waals surface area (Å²) in [4.78, 5) is 11.6. The van der Waals surface area contributed by atoms with E-state index in [1.54, 1.807) is 0 Å². The molecule has 0 radical (unpaired) electrons. The van der Waals surface area contributed by atoms with Gasteiger partial charge in [0.1, 0.15) is 0 Å². The predicted octanol–water partition coefficient (Wildman–Crippen LogP) is 1.02. The molecule has 3 N–H and O–H groups in total. The van der Waals surface area contributed by atoms with Crippen LogP contribution in [0.2, 0.25) is 0 Å². The lowest BCUT2D eigenvalue weighted by Crippen LogP contribution is -2.45. The Balaban J connectivity index is 4.09. The molecule has 90 valence electrons. The highest BCUT2D eigenvalue weighted by molar-refractivity contribution is 5.78. The molecule has 0 bridgehead atoms. The maximum atomic E-state index is 11.6. The lowest BCUT2D eigenvalue weighted by molar-refractivity contribution is -0.130. The van der Waals surface area contributed by atoms with E-state index in [-0.39, 0.29) is 11.8 Å². The van der Waals surface area contributed by atoms with Gasteiger partial charge >= 0.3 is 0 Å². The summed E-state index contributed by atoms with van der Waals surface area (Å²) >= 11 is 0. The van der Waals surface area contributed by atoms with Crippen molar-refractivity contribution in [2.75, 3.05) is 0 Å². The SMILES string of the molecule is CCC[C@H](NC(=O)[C@@H](C)CCC)C(O)O. The number of aliphatic hydroxyl groups is 2. The number of aliphatic hydroxyl groups excluding tert-OH is 1. The number of amides is 1. The molecule has 0 aromatic carbocycles. The quantitative estimate of drug-likeness (QED) is 0.558. The van der Waals surface area contributed by atoms with Crippen molar-refractivity contribution in [2.24, 2.45) is 5.92 Å². The van der Waals surface area contributed by atoms with Crippen molar-refractivity contribution < 1.29 is 15.0 Å². The molecule has 0 rings (SSSR count). The van der Waals surface area contributed by atoms with Crippen molar-refractivity contribution in [3.05, 3.63) is 0 Å². The number of hydrogen-bond donors (Lipinski definition) is 3. The van der Waals surface area contributed by atoms with E-state index in [0.717, 1.165) is 19.3 Å². The van der Waals surface area contributed by atoms with Gasteiger partial charge in [-0.05, 0) is 12.8 Å². The fourth-order valence-electron chi connectivity index (χ4n) is 1.50. The van der Waals surface area contributed by atoms with Gasteiger partial charge in [-0.25, -0.2) is 0 Å². The molecule has 0 aromatic rings. The Morgan fingerprint density at radius 1 is 1.20 bits per heavy atom. The Kier molecular flexibility index (Phi) is 7.34. The summed E-state index contributed by atoms with van der Waals surface area (Å²) in [7, 11) is 0. The van der Waals surface area contributed by atoms with Crippen molar-refractivity contribution in [3.63, 3.8) is 0 Å². The van der Waals surface area contributed by atoms with Crippen LogP contribution in [0.1, 0.15) is 46.5 Å². The van der Waals surface area contributed by atoms with Gasteiger partial charge in [0.25, 0.3) is 0 Å². The van der Waals surface area contributed by atoms with Crippen molar-refractivity contribution in [3.8, 4) is 0 Å². The van der Waals surface area contributed by atoms with Gasteiger partial charge in [0.15, 0.2) is 6.29 Å². The summed E-state index contributed by atoms with van der Waals surface area (Å²) in [6, 6.07) is -0.540. The molecule has 0 aliphatic carbocycles. The van der Waals surface area contributed by atoms with Crippen LogP contribution in [0.4, 0.5) is 0 Å². The first kappa shape index (κ1) is 14.4. The van der Waals surface area contributed by atoms with E-state index in [1.807, 2.05) is 20.8 Å². The van der Waals surface area contributed by atoms with Gasteiger partial charge in [0.05, 0.1) is 6.04 Å². The molecular formula is C11H23NO3. The van der Waals surface area contributed by atoms with E-state index in [4.69, 9.17) is 10.2 Å². The van der Waals surface area contributed by atoms with Crippen molar-refractivity contribution >= 4 is 5.91 Å². The molecule has 1 amide bonds. The van der Waals surface area contributed by atoms with E-state index in [2.05, 4.69) is 5.32 Å². The summed E-state index contributed by atoms with van der Waals surface area (Å²) in [5.41, 5.74) is 0. The molecular weight excluding hydrogens is 194 g/mol. The summed E-state index contributed by atoms with van der Waals surface area (Å²) in [6.07, 6.45) is 1.70. The molecule has 0 spiro atoms. The van der Waals surface area contributed by atoms with Gasteiger partial charge in [-0.15, -0.1) is 0 Å². The van der Waals surface area contributed by atoms with E-state index >= 15 is 0 Å². The van der Waals surface area contributed by atoms with Crippen LogP contribution in [0.3, 0.4) is 0 Å². The zero-order valence-electron chi connectivity index (χ0n) is 9.86. The Bertz CT molecular complexity index is 183. The number of nitrogens with one attached hydrogen (secondary N) is 1. The average Bonchev–Trinajstić information content (AvgIpc) is 2.17. The van der Waals surface area contributed by atoms with Crippen LogP contribution in [0, 0.1) is 5.92 Å². The highest BCUT2D eigenvalue weighted by Crippen LogP contribution is 2.07. The van der Waals surface area contributed by atoms with E-state index in [0.29, 0.717) is 6.42 Å². The molecule has 0 unspecified atom stereocenters. The third kappa shape index (κ3) is 5.74. The summed E-state index contributed by atoms with van der Waals surface area (Å²) < 4.78 is 0. The lowest BCUT2D eigenvalue weighted by atomic mass is 10.0. The van der Waals surface area contributed by atoms with E-state index in [9.17, 15) is 4.79 Å². The monoisotopic (exact) mass is 217 g/mol. The minimum atomic E-state index is -1.47. The minimum absolute atomic E-state index is 0.0619. The Labute approximate surface area is 91.7 Å². The summed E-state index contributed by atoms with van der Waals surface area (Å²) in [5.74, 6) is -0.156. The molecule has 0 saturated heterocycles. The fraction of sp³-hybridized carbons (Fsp3) is 0.909. The predicted molar refractivity (Wildman–Crippen MR) is 59.1 cm³/mol. The van der Waals surface area contributed by atoms with Gasteiger partial charge in [0.2, 0.25) is 5.91 Å². The second-order valence-electron chi connectivity index (χ2n) is 4.01. The van der Waals surface area contributed by atoms with Gasteiger partial charge in [-0.3, -0.25) is 4.79 Å². The largest absolute Gasteiger partial charge is 0.366 e. The van der Waals surface area contributed by atoms with Gasteiger partial charge < -0.3 is 15.5 Å². The lowest BCUT2D eigenvalue weighted by Gasteiger charge is -2.21. The maximum Gasteiger partial charge on any atom is 0.223 e. The van der Waals surface area contributed by atoms with E-state index in [1.165, 1.54) is 0 Å². The number of carbonyl (C=O) groups excluding carboxylic acids is 1. The molecule has 0 aliphatic rings. The second-order valence-corrected chi connectivity index (χ2v) is 4.01. The Morgan fingerprint density at radius 3 is 2.13 bits per heavy atom. The molecule has 0 aromatic heterocycles. The second kappa shape index (κ2) is 7.65. The first-order valence-electron chi connectivity index (χ1n) is 5.69. The van der Waals surface area contributed by atoms with Crippen molar-refractivity contribution in [1.29, 1.82) is 0 Å². The van der Waals surface area contributed by atoms with Gasteiger partial charge in [0, 0.05) is 5.92 Å². The Hall–Kier alpha value is -0.610. The molecule has 15 heavy (non-hydrogen) atoms. The van der Waals surface area contributed by atoms with Crippen LogP contribution in [0.15, 0.2) is 0 Å². The molecule has 0 saturated carbocycles. The molecule has 4 heteroatoms. The topological polar surface area (TPSA) is 69.6 Å². The van der Waals surface area contributed by atoms with Crippen LogP contribution in [-0.2, 0) is 4.79 Å². The first-order valence-corrected chi connectivity index (χ1v) is 5.69. The van der Waals surface area contributed by atoms with Crippen LogP contribution in [-0.4, -0.2) is 28.5 Å². The molecule has 0 fully saturated rings. The average molecular weight is 217 g/mol. The standard InChI is InChI=1S/C11H23NO3/c1-4-6-8(3)10(13)12-9(7-5-2)11(14)15/h8-9,11,14-15H,4-7H2,1-3H3,(H,12,13)/t8-,9-/m0/s1. The summed E-state index contributed by atoms with van der Waals surface area (Å²) in [6.45, 7) is 5.82. The Morgan fingerprint density at radius 2 is 1.73 bits per heavy atom. The van der Waals surface area contributed by atoms with Crippen molar-refractivity contribution in [2.45, 2.75) is 58.8 Å². The zero-order chi connectivity index (χ0) is 11.8. The van der Waals surface area contributed by atoms with Crippen LogP contribution in [0.25, 0.3) is 0 Å². The molecule has 2 atom stereocenters. The smallest absolute Gasteiger partial charge is 0.223 e. The van der Waals surface area contributed by atoms with Crippen LogP contribution >= 0.6 is 0 Å². The maximum absolute atomic E-state index is 11.6. The minimum Gasteiger partial charge on any atom is -0.366 e.